The number of nitriles is 1. The number of aromatic nitrogens is 1. The first-order chi connectivity index (χ1) is 13.9. The average Bonchev–Trinajstić information content (AvgIpc) is 2.70. The van der Waals surface area contributed by atoms with Crippen LogP contribution in [0.3, 0.4) is 0 Å². The first kappa shape index (κ1) is 20.0. The Hall–Kier alpha value is -3.72. The van der Waals surface area contributed by atoms with Crippen molar-refractivity contribution < 1.29 is 5.11 Å². The lowest BCUT2D eigenvalue weighted by molar-refractivity contribution is 0.404. The molecule has 0 aliphatic carbocycles. The Morgan fingerprint density at radius 3 is 2.21 bits per heavy atom. The molecule has 1 heterocycles. The van der Waals surface area contributed by atoms with Crippen molar-refractivity contribution in [1.29, 1.82) is 5.26 Å². The summed E-state index contributed by atoms with van der Waals surface area (Å²) in [6, 6.07) is 17.4. The van der Waals surface area contributed by atoms with Gasteiger partial charge >= 0.3 is 0 Å². The van der Waals surface area contributed by atoms with E-state index in [-0.39, 0.29) is 23.7 Å². The van der Waals surface area contributed by atoms with Crippen LogP contribution in [0.4, 0.5) is 11.4 Å². The molecule has 3 rings (SSSR count). The molecule has 6 nitrogen and oxygen atoms in total. The number of nitrogens with zero attached hydrogens (tertiary/aromatic N) is 4. The Bertz CT molecular complexity index is 1150. The molecule has 29 heavy (non-hydrogen) atoms. The number of hydrogen-bond donors (Lipinski definition) is 1. The molecule has 0 aliphatic heterocycles. The molecule has 0 radical (unpaired) electrons. The van der Waals surface area contributed by atoms with E-state index >= 15 is 0 Å². The zero-order valence-electron chi connectivity index (χ0n) is 16.7. The quantitative estimate of drug-likeness (QED) is 0.625. The molecule has 0 fully saturated rings. The summed E-state index contributed by atoms with van der Waals surface area (Å²) in [7, 11) is 0. The Balaban J connectivity index is 2.06. The number of azo groups is 1. The van der Waals surface area contributed by atoms with E-state index in [2.05, 4.69) is 10.2 Å². The molecule has 0 amide bonds. The Kier molecular flexibility index (Phi) is 5.89. The van der Waals surface area contributed by atoms with E-state index in [4.69, 9.17) is 0 Å². The van der Waals surface area contributed by atoms with E-state index in [1.165, 1.54) is 4.57 Å². The second kappa shape index (κ2) is 8.53. The summed E-state index contributed by atoms with van der Waals surface area (Å²) in [6.45, 7) is 5.67. The number of hydrogen-bond acceptors (Lipinski definition) is 5. The third-order valence-electron chi connectivity index (χ3n) is 4.93. The second-order valence-electron chi connectivity index (χ2n) is 6.92. The van der Waals surface area contributed by atoms with Gasteiger partial charge in [-0.05, 0) is 43.9 Å². The smallest absolute Gasteiger partial charge is 0.281 e. The highest BCUT2D eigenvalue weighted by Gasteiger charge is 2.19. The highest BCUT2D eigenvalue weighted by molar-refractivity contribution is 5.57. The van der Waals surface area contributed by atoms with Gasteiger partial charge in [-0.3, -0.25) is 9.36 Å². The van der Waals surface area contributed by atoms with Gasteiger partial charge in [0.05, 0.1) is 5.69 Å². The number of aromatic hydroxyl groups is 1. The number of pyridine rings is 1. The van der Waals surface area contributed by atoms with Crippen LogP contribution in [0.2, 0.25) is 0 Å². The summed E-state index contributed by atoms with van der Waals surface area (Å²) in [5.41, 5.74) is 3.55. The van der Waals surface area contributed by atoms with Crippen molar-refractivity contribution >= 4 is 11.4 Å². The maximum Gasteiger partial charge on any atom is 0.281 e. The predicted molar refractivity (Wildman–Crippen MR) is 112 cm³/mol. The van der Waals surface area contributed by atoms with E-state index in [1.807, 2.05) is 68.4 Å². The zero-order chi connectivity index (χ0) is 21.0. The van der Waals surface area contributed by atoms with Crippen molar-refractivity contribution in [1.82, 2.24) is 4.57 Å². The fourth-order valence-electron chi connectivity index (χ4n) is 3.21. The van der Waals surface area contributed by atoms with Gasteiger partial charge in [0.15, 0.2) is 5.69 Å². The number of rotatable bonds is 5. The molecule has 2 aromatic carbocycles. The minimum atomic E-state index is -0.468. The molecule has 1 N–H and O–H groups in total. The third-order valence-corrected chi connectivity index (χ3v) is 4.93. The van der Waals surface area contributed by atoms with E-state index in [0.717, 1.165) is 16.7 Å². The summed E-state index contributed by atoms with van der Waals surface area (Å²) in [5, 5.41) is 28.5. The third kappa shape index (κ3) is 4.09. The van der Waals surface area contributed by atoms with Gasteiger partial charge in [0.2, 0.25) is 5.88 Å². The van der Waals surface area contributed by atoms with Crippen molar-refractivity contribution in [2.24, 2.45) is 10.2 Å². The van der Waals surface area contributed by atoms with Crippen LogP contribution in [0.15, 0.2) is 63.6 Å². The van der Waals surface area contributed by atoms with E-state index < -0.39 is 5.56 Å². The maximum atomic E-state index is 13.0. The van der Waals surface area contributed by atoms with Gasteiger partial charge in [-0.2, -0.15) is 5.26 Å². The highest BCUT2D eigenvalue weighted by atomic mass is 16.3. The Morgan fingerprint density at radius 2 is 1.59 bits per heavy atom. The lowest BCUT2D eigenvalue weighted by atomic mass is 10.1. The lowest BCUT2D eigenvalue weighted by Gasteiger charge is -2.13. The molecule has 1 aromatic heterocycles. The first-order valence-corrected chi connectivity index (χ1v) is 9.32. The predicted octanol–water partition coefficient (Wildman–Crippen LogP) is 5.01. The molecule has 0 spiro atoms. The van der Waals surface area contributed by atoms with E-state index in [0.29, 0.717) is 17.7 Å². The number of benzene rings is 2. The molecular formula is C23H22N4O2. The minimum Gasteiger partial charge on any atom is -0.493 e. The first-order valence-electron chi connectivity index (χ1n) is 9.32. The lowest BCUT2D eigenvalue weighted by Crippen LogP contribution is -2.22. The molecule has 0 saturated carbocycles. The summed E-state index contributed by atoms with van der Waals surface area (Å²) in [5.74, 6) is -0.336. The molecular weight excluding hydrogens is 364 g/mol. The summed E-state index contributed by atoms with van der Waals surface area (Å²) < 4.78 is 1.19. The largest absolute Gasteiger partial charge is 0.493 e. The van der Waals surface area contributed by atoms with Gasteiger partial charge in [-0.15, -0.1) is 10.2 Å². The van der Waals surface area contributed by atoms with Crippen LogP contribution in [0.25, 0.3) is 0 Å². The molecule has 3 aromatic rings. The van der Waals surface area contributed by atoms with Crippen LogP contribution in [0.1, 0.15) is 27.8 Å². The van der Waals surface area contributed by atoms with Crippen molar-refractivity contribution in [3.05, 3.63) is 86.7 Å². The van der Waals surface area contributed by atoms with Gasteiger partial charge in [0, 0.05) is 12.1 Å². The molecule has 6 heteroatoms. The fraction of sp³-hybridized carbons (Fsp3) is 0.217. The van der Waals surface area contributed by atoms with Crippen molar-refractivity contribution in [2.45, 2.75) is 33.7 Å². The average molecular weight is 386 g/mol. The van der Waals surface area contributed by atoms with Crippen LogP contribution in [-0.4, -0.2) is 9.67 Å². The van der Waals surface area contributed by atoms with E-state index in [9.17, 15) is 15.2 Å². The number of aryl methyl sites for hydroxylation is 3. The molecule has 146 valence electrons. The summed E-state index contributed by atoms with van der Waals surface area (Å²) in [4.78, 5) is 13.0. The molecule has 0 bridgehead atoms. The SMILES string of the molecule is Cc1cccc(C)c1N=Nc1c(C)c(C#N)c(O)n(CCc2ccccc2)c1=O. The second-order valence-corrected chi connectivity index (χ2v) is 6.92. The van der Waals surface area contributed by atoms with Crippen LogP contribution in [0, 0.1) is 32.1 Å². The maximum absolute atomic E-state index is 13.0. The van der Waals surface area contributed by atoms with Gasteiger partial charge in [-0.25, -0.2) is 0 Å². The Morgan fingerprint density at radius 1 is 0.966 bits per heavy atom. The van der Waals surface area contributed by atoms with Crippen LogP contribution >= 0.6 is 0 Å². The van der Waals surface area contributed by atoms with Crippen molar-refractivity contribution in [3.63, 3.8) is 0 Å². The standard InChI is InChI=1S/C23H22N4O2/c1-15-8-7-9-16(2)20(15)25-26-21-17(3)19(14-24)22(28)27(23(21)29)13-12-18-10-5-4-6-11-18/h4-11,28H,12-13H2,1-3H3. The highest BCUT2D eigenvalue weighted by Crippen LogP contribution is 2.29. The minimum absolute atomic E-state index is 0.0353. The van der Waals surface area contributed by atoms with Gasteiger partial charge in [-0.1, -0.05) is 48.5 Å². The molecule has 0 aliphatic rings. The van der Waals surface area contributed by atoms with Gasteiger partial charge < -0.3 is 5.11 Å². The molecule has 0 unspecified atom stereocenters. The van der Waals surface area contributed by atoms with Crippen molar-refractivity contribution in [2.75, 3.05) is 0 Å². The van der Waals surface area contributed by atoms with Crippen LogP contribution in [-0.2, 0) is 13.0 Å². The van der Waals surface area contributed by atoms with Crippen LogP contribution < -0.4 is 5.56 Å². The topological polar surface area (TPSA) is 90.7 Å². The fourth-order valence-corrected chi connectivity index (χ4v) is 3.21. The zero-order valence-corrected chi connectivity index (χ0v) is 16.7. The van der Waals surface area contributed by atoms with Gasteiger partial charge in [0.1, 0.15) is 11.6 Å². The normalized spacial score (nSPS) is 11.0. The van der Waals surface area contributed by atoms with Crippen molar-refractivity contribution in [3.8, 4) is 11.9 Å². The summed E-state index contributed by atoms with van der Waals surface area (Å²) in [6.07, 6.45) is 0.537. The van der Waals surface area contributed by atoms with E-state index in [1.54, 1.807) is 6.92 Å². The summed E-state index contributed by atoms with van der Waals surface area (Å²) >= 11 is 0. The molecule has 0 saturated heterocycles. The molecule has 0 atom stereocenters. The van der Waals surface area contributed by atoms with Gasteiger partial charge in [0.25, 0.3) is 5.56 Å². The Labute approximate surface area is 169 Å². The monoisotopic (exact) mass is 386 g/mol. The van der Waals surface area contributed by atoms with Crippen LogP contribution in [0.5, 0.6) is 5.88 Å².